The highest BCUT2D eigenvalue weighted by molar-refractivity contribution is 7.98. The summed E-state index contributed by atoms with van der Waals surface area (Å²) in [4.78, 5) is 18.5. The Morgan fingerprint density at radius 2 is 2.10 bits per heavy atom. The van der Waals surface area contributed by atoms with Gasteiger partial charge in [0.05, 0.1) is 10.6 Å². The lowest BCUT2D eigenvalue weighted by Gasteiger charge is -2.08. The maximum atomic E-state index is 11.9. The Bertz CT molecular complexity index is 800. The van der Waals surface area contributed by atoms with E-state index in [9.17, 15) is 13.2 Å². The van der Waals surface area contributed by atoms with Crippen molar-refractivity contribution in [3.63, 3.8) is 0 Å². The van der Waals surface area contributed by atoms with Gasteiger partial charge in [0.2, 0.25) is 0 Å². The summed E-state index contributed by atoms with van der Waals surface area (Å²) in [5.74, 6) is 0.408. The first kappa shape index (κ1) is 15.6. The van der Waals surface area contributed by atoms with Gasteiger partial charge in [0.15, 0.2) is 15.0 Å². The SMILES string of the molecule is CCS(=O)(=O)c1cccc(Nc2cc(=O)[nH]c(SC)n2)c1. The predicted octanol–water partition coefficient (Wildman–Crippen LogP) is 2.03. The van der Waals surface area contributed by atoms with E-state index in [4.69, 9.17) is 0 Å². The zero-order chi connectivity index (χ0) is 15.5. The van der Waals surface area contributed by atoms with Gasteiger partial charge < -0.3 is 10.3 Å². The molecule has 0 spiro atoms. The Kier molecular flexibility index (Phi) is 4.69. The molecule has 112 valence electrons. The summed E-state index contributed by atoms with van der Waals surface area (Å²) >= 11 is 1.32. The topological polar surface area (TPSA) is 91.9 Å². The Labute approximate surface area is 126 Å². The second-order valence-corrected chi connectivity index (χ2v) is 7.27. The number of hydrogen-bond donors (Lipinski definition) is 2. The molecule has 1 heterocycles. The minimum Gasteiger partial charge on any atom is -0.340 e. The molecule has 2 aromatic rings. The first-order valence-electron chi connectivity index (χ1n) is 6.20. The summed E-state index contributed by atoms with van der Waals surface area (Å²) in [7, 11) is -3.27. The fourth-order valence-electron chi connectivity index (χ4n) is 1.68. The molecule has 1 aromatic heterocycles. The Balaban J connectivity index is 2.35. The van der Waals surface area contributed by atoms with E-state index < -0.39 is 9.84 Å². The first-order chi connectivity index (χ1) is 9.94. The molecule has 2 rings (SSSR count). The van der Waals surface area contributed by atoms with Crippen LogP contribution in [0, 0.1) is 0 Å². The lowest BCUT2D eigenvalue weighted by molar-refractivity contribution is 0.597. The highest BCUT2D eigenvalue weighted by Crippen LogP contribution is 2.20. The van der Waals surface area contributed by atoms with Crippen LogP contribution in [-0.2, 0) is 9.84 Å². The van der Waals surface area contributed by atoms with Crippen molar-refractivity contribution in [1.29, 1.82) is 0 Å². The average Bonchev–Trinajstić information content (AvgIpc) is 2.47. The van der Waals surface area contributed by atoms with Gasteiger partial charge >= 0.3 is 0 Å². The smallest absolute Gasteiger partial charge is 0.253 e. The molecule has 0 bridgehead atoms. The van der Waals surface area contributed by atoms with E-state index in [2.05, 4.69) is 15.3 Å². The second kappa shape index (κ2) is 6.31. The molecule has 6 nitrogen and oxygen atoms in total. The minimum absolute atomic E-state index is 0.0380. The zero-order valence-electron chi connectivity index (χ0n) is 11.6. The lowest BCUT2D eigenvalue weighted by atomic mass is 10.3. The predicted molar refractivity (Wildman–Crippen MR) is 84.1 cm³/mol. The van der Waals surface area contributed by atoms with Crippen molar-refractivity contribution in [3.05, 3.63) is 40.7 Å². The lowest BCUT2D eigenvalue weighted by Crippen LogP contribution is -2.09. The molecule has 2 N–H and O–H groups in total. The molecule has 0 fully saturated rings. The molecule has 0 radical (unpaired) electrons. The van der Waals surface area contributed by atoms with Crippen LogP contribution in [0.1, 0.15) is 6.92 Å². The van der Waals surface area contributed by atoms with Gasteiger partial charge in [0.25, 0.3) is 5.56 Å². The van der Waals surface area contributed by atoms with Crippen molar-refractivity contribution >= 4 is 33.1 Å². The van der Waals surface area contributed by atoms with Crippen LogP contribution in [0.5, 0.6) is 0 Å². The van der Waals surface area contributed by atoms with E-state index in [0.29, 0.717) is 16.7 Å². The number of aromatic nitrogens is 2. The van der Waals surface area contributed by atoms with Crippen LogP contribution >= 0.6 is 11.8 Å². The number of rotatable bonds is 5. The molecule has 1 aromatic carbocycles. The standard InChI is InChI=1S/C13H15N3O3S2/c1-3-21(18,19)10-6-4-5-9(7-10)14-11-8-12(17)16-13(15-11)20-2/h4-8H,3H2,1-2H3,(H2,14,15,16,17). The van der Waals surface area contributed by atoms with Gasteiger partial charge in [-0.05, 0) is 24.5 Å². The van der Waals surface area contributed by atoms with Crippen LogP contribution in [0.15, 0.2) is 45.2 Å². The number of nitrogens with one attached hydrogen (secondary N) is 2. The number of H-pyrrole nitrogens is 1. The molecular formula is C13H15N3O3S2. The fourth-order valence-corrected chi connectivity index (χ4v) is 3.00. The van der Waals surface area contributed by atoms with Gasteiger partial charge in [0, 0.05) is 11.8 Å². The number of sulfone groups is 1. The molecule has 21 heavy (non-hydrogen) atoms. The van der Waals surface area contributed by atoms with Crippen molar-refractivity contribution in [2.45, 2.75) is 17.0 Å². The summed E-state index contributed by atoms with van der Waals surface area (Å²) in [5.41, 5.74) is 0.295. The molecular weight excluding hydrogens is 310 g/mol. The average molecular weight is 325 g/mol. The molecule has 0 aliphatic rings. The maximum Gasteiger partial charge on any atom is 0.253 e. The van der Waals surface area contributed by atoms with Crippen LogP contribution in [-0.4, -0.2) is 30.4 Å². The molecule has 8 heteroatoms. The van der Waals surface area contributed by atoms with Crippen LogP contribution in [0.2, 0.25) is 0 Å². The van der Waals surface area contributed by atoms with Crippen LogP contribution in [0.4, 0.5) is 11.5 Å². The molecule has 0 atom stereocenters. The van der Waals surface area contributed by atoms with E-state index in [1.54, 1.807) is 31.4 Å². The van der Waals surface area contributed by atoms with Crippen molar-refractivity contribution < 1.29 is 8.42 Å². The van der Waals surface area contributed by atoms with E-state index in [0.717, 1.165) is 0 Å². The van der Waals surface area contributed by atoms with E-state index in [1.165, 1.54) is 23.9 Å². The van der Waals surface area contributed by atoms with Crippen LogP contribution in [0.25, 0.3) is 0 Å². The van der Waals surface area contributed by atoms with Gasteiger partial charge in [-0.25, -0.2) is 13.4 Å². The summed E-state index contributed by atoms with van der Waals surface area (Å²) < 4.78 is 23.7. The quantitative estimate of drug-likeness (QED) is 0.645. The number of thioether (sulfide) groups is 1. The first-order valence-corrected chi connectivity index (χ1v) is 9.07. The molecule has 0 saturated carbocycles. The van der Waals surface area contributed by atoms with Crippen LogP contribution < -0.4 is 10.9 Å². The number of benzene rings is 1. The maximum absolute atomic E-state index is 11.9. The summed E-state index contributed by atoms with van der Waals surface area (Å²) in [5, 5.41) is 3.44. The Hall–Kier alpha value is -1.80. The largest absolute Gasteiger partial charge is 0.340 e. The Morgan fingerprint density at radius 3 is 2.76 bits per heavy atom. The van der Waals surface area contributed by atoms with Gasteiger partial charge in [-0.3, -0.25) is 4.79 Å². The number of anilines is 2. The highest BCUT2D eigenvalue weighted by Gasteiger charge is 2.12. The molecule has 0 amide bonds. The third kappa shape index (κ3) is 3.85. The third-order valence-corrected chi connectivity index (χ3v) is 5.07. The van der Waals surface area contributed by atoms with Crippen molar-refractivity contribution in [2.75, 3.05) is 17.3 Å². The van der Waals surface area contributed by atoms with Crippen molar-refractivity contribution in [1.82, 2.24) is 9.97 Å². The van der Waals surface area contributed by atoms with Gasteiger partial charge in [0.1, 0.15) is 5.82 Å². The van der Waals surface area contributed by atoms with Gasteiger partial charge in [-0.1, -0.05) is 24.8 Å². The molecule has 0 saturated heterocycles. The van der Waals surface area contributed by atoms with E-state index >= 15 is 0 Å². The highest BCUT2D eigenvalue weighted by atomic mass is 32.2. The fraction of sp³-hybridized carbons (Fsp3) is 0.231. The van der Waals surface area contributed by atoms with Crippen molar-refractivity contribution in [3.8, 4) is 0 Å². The number of aromatic amines is 1. The number of nitrogens with zero attached hydrogens (tertiary/aromatic N) is 1. The second-order valence-electron chi connectivity index (χ2n) is 4.20. The van der Waals surface area contributed by atoms with Gasteiger partial charge in [-0.2, -0.15) is 0 Å². The van der Waals surface area contributed by atoms with Gasteiger partial charge in [-0.15, -0.1) is 0 Å². The minimum atomic E-state index is -3.27. The molecule has 0 aliphatic carbocycles. The number of hydrogen-bond acceptors (Lipinski definition) is 6. The van der Waals surface area contributed by atoms with E-state index in [1.807, 2.05) is 0 Å². The zero-order valence-corrected chi connectivity index (χ0v) is 13.2. The summed E-state index contributed by atoms with van der Waals surface area (Å²) in [6, 6.07) is 7.76. The Morgan fingerprint density at radius 1 is 1.33 bits per heavy atom. The molecule has 0 aliphatic heterocycles. The monoisotopic (exact) mass is 325 g/mol. The third-order valence-electron chi connectivity index (χ3n) is 2.76. The summed E-state index contributed by atoms with van der Waals surface area (Å²) in [6.45, 7) is 1.60. The van der Waals surface area contributed by atoms with Crippen molar-refractivity contribution in [2.24, 2.45) is 0 Å². The summed E-state index contributed by atoms with van der Waals surface area (Å²) in [6.07, 6.45) is 1.80. The van der Waals surface area contributed by atoms with Crippen LogP contribution in [0.3, 0.4) is 0 Å². The molecule has 0 unspecified atom stereocenters. The van der Waals surface area contributed by atoms with E-state index in [-0.39, 0.29) is 16.2 Å². The normalized spacial score (nSPS) is 11.3.